The first-order chi connectivity index (χ1) is 12.5. The fraction of sp³-hybridized carbons (Fsp3) is 0.316. The molecule has 1 aliphatic heterocycles. The maximum atomic E-state index is 13.8. The lowest BCUT2D eigenvalue weighted by molar-refractivity contribution is 0.134. The Labute approximate surface area is 155 Å². The highest BCUT2D eigenvalue weighted by atomic mass is 35.5. The fourth-order valence-electron chi connectivity index (χ4n) is 3.24. The number of halogens is 3. The molecular formula is C19H19ClF2N2O2. The number of carbonyl (C=O) groups is 1. The van der Waals surface area contributed by atoms with E-state index in [0.29, 0.717) is 19.6 Å². The van der Waals surface area contributed by atoms with Crippen LogP contribution in [-0.2, 0) is 0 Å². The molecule has 2 aromatic rings. The van der Waals surface area contributed by atoms with Gasteiger partial charge in [-0.05, 0) is 48.9 Å². The topological polar surface area (TPSA) is 41.6 Å². The molecule has 1 N–H and O–H groups in total. The molecule has 7 heteroatoms. The highest BCUT2D eigenvalue weighted by molar-refractivity contribution is 6.30. The van der Waals surface area contributed by atoms with Gasteiger partial charge in [-0.25, -0.2) is 13.6 Å². The largest absolute Gasteiger partial charge is 0.415 e. The Bertz CT molecular complexity index is 786. The third-order valence-corrected chi connectivity index (χ3v) is 4.85. The van der Waals surface area contributed by atoms with Crippen molar-refractivity contribution < 1.29 is 18.3 Å². The molecule has 1 amide bonds. The molecule has 0 radical (unpaired) electrons. The van der Waals surface area contributed by atoms with Crippen LogP contribution in [0.5, 0.6) is 5.75 Å². The van der Waals surface area contributed by atoms with Crippen molar-refractivity contribution in [3.63, 3.8) is 0 Å². The lowest BCUT2D eigenvalue weighted by atomic mass is 9.93. The maximum Gasteiger partial charge on any atom is 0.415 e. The molecule has 26 heavy (non-hydrogen) atoms. The van der Waals surface area contributed by atoms with Crippen LogP contribution in [0.15, 0.2) is 42.5 Å². The number of nitrogens with zero attached hydrogens (tertiary/aromatic N) is 1. The Morgan fingerprint density at radius 1 is 1.23 bits per heavy atom. The van der Waals surface area contributed by atoms with Gasteiger partial charge in [0.05, 0.1) is 11.1 Å². The first-order valence-electron chi connectivity index (χ1n) is 8.39. The highest BCUT2D eigenvalue weighted by Crippen LogP contribution is 2.29. The van der Waals surface area contributed by atoms with Gasteiger partial charge < -0.3 is 15.0 Å². The number of likely N-dealkylation sites (N-methyl/N-ethyl adjacent to an activating group) is 1. The monoisotopic (exact) mass is 380 g/mol. The number of ether oxygens (including phenoxy) is 1. The van der Waals surface area contributed by atoms with E-state index < -0.39 is 17.7 Å². The fourth-order valence-corrected chi connectivity index (χ4v) is 3.35. The van der Waals surface area contributed by atoms with Crippen LogP contribution < -0.4 is 10.1 Å². The van der Waals surface area contributed by atoms with Crippen molar-refractivity contribution in [1.82, 2.24) is 10.2 Å². The number of benzene rings is 2. The Morgan fingerprint density at radius 2 is 1.96 bits per heavy atom. The van der Waals surface area contributed by atoms with Crippen molar-refractivity contribution in [3.05, 3.63) is 64.7 Å². The van der Waals surface area contributed by atoms with Crippen molar-refractivity contribution in [1.29, 1.82) is 0 Å². The normalized spacial score (nSPS) is 19.4. The van der Waals surface area contributed by atoms with Crippen LogP contribution in [0.25, 0.3) is 0 Å². The molecule has 0 saturated carbocycles. The van der Waals surface area contributed by atoms with E-state index in [1.807, 2.05) is 6.92 Å². The summed E-state index contributed by atoms with van der Waals surface area (Å²) < 4.78 is 32.2. The van der Waals surface area contributed by atoms with Crippen LogP contribution in [0.1, 0.15) is 18.4 Å². The third kappa shape index (κ3) is 3.97. The van der Waals surface area contributed by atoms with Gasteiger partial charge in [0.2, 0.25) is 0 Å². The van der Waals surface area contributed by atoms with Crippen LogP contribution in [-0.4, -0.2) is 36.7 Å². The minimum absolute atomic E-state index is 0.0688. The molecule has 2 aromatic carbocycles. The molecule has 1 heterocycles. The van der Waals surface area contributed by atoms with Crippen molar-refractivity contribution in [2.24, 2.45) is 0 Å². The van der Waals surface area contributed by atoms with Gasteiger partial charge in [-0.15, -0.1) is 0 Å². The van der Waals surface area contributed by atoms with Crippen molar-refractivity contribution in [2.45, 2.75) is 18.9 Å². The average molecular weight is 381 g/mol. The molecule has 1 aliphatic rings. The van der Waals surface area contributed by atoms with Crippen molar-refractivity contribution in [2.75, 3.05) is 19.6 Å². The van der Waals surface area contributed by atoms with E-state index in [-0.39, 0.29) is 22.7 Å². The molecule has 138 valence electrons. The molecule has 0 spiro atoms. The van der Waals surface area contributed by atoms with E-state index in [9.17, 15) is 13.6 Å². The summed E-state index contributed by atoms with van der Waals surface area (Å²) in [6.07, 6.45) is -0.521. The van der Waals surface area contributed by atoms with E-state index in [2.05, 4.69) is 5.32 Å². The molecule has 2 atom stereocenters. The summed E-state index contributed by atoms with van der Waals surface area (Å²) >= 11 is 5.76. The lowest BCUT2D eigenvalue weighted by Crippen LogP contribution is -2.45. The van der Waals surface area contributed by atoms with Gasteiger partial charge in [0.15, 0.2) is 0 Å². The quantitative estimate of drug-likeness (QED) is 0.864. The summed E-state index contributed by atoms with van der Waals surface area (Å²) in [5.74, 6) is -0.689. The van der Waals surface area contributed by atoms with Crippen molar-refractivity contribution >= 4 is 17.7 Å². The molecule has 4 nitrogen and oxygen atoms in total. The summed E-state index contributed by atoms with van der Waals surface area (Å²) in [7, 11) is 0. The second-order valence-corrected chi connectivity index (χ2v) is 6.52. The lowest BCUT2D eigenvalue weighted by Gasteiger charge is -2.31. The average Bonchev–Trinajstić information content (AvgIpc) is 3.09. The second kappa shape index (κ2) is 8.01. The first kappa shape index (κ1) is 18.6. The zero-order valence-electron chi connectivity index (χ0n) is 14.2. The van der Waals surface area contributed by atoms with E-state index in [1.165, 1.54) is 36.4 Å². The predicted molar refractivity (Wildman–Crippen MR) is 95.6 cm³/mol. The van der Waals surface area contributed by atoms with Gasteiger partial charge in [-0.1, -0.05) is 17.7 Å². The van der Waals surface area contributed by atoms with Crippen molar-refractivity contribution in [3.8, 4) is 5.75 Å². The molecule has 1 saturated heterocycles. The first-order valence-corrected chi connectivity index (χ1v) is 8.77. The van der Waals surface area contributed by atoms with Gasteiger partial charge in [0.25, 0.3) is 0 Å². The van der Waals surface area contributed by atoms with Crippen LogP contribution in [0, 0.1) is 11.6 Å². The number of rotatable bonds is 4. The van der Waals surface area contributed by atoms with Gasteiger partial charge in [-0.2, -0.15) is 0 Å². The summed E-state index contributed by atoms with van der Waals surface area (Å²) in [6, 6.07) is 9.79. The summed E-state index contributed by atoms with van der Waals surface area (Å²) in [6.45, 7) is 3.47. The molecule has 2 unspecified atom stereocenters. The minimum atomic E-state index is -0.521. The number of nitrogens with one attached hydrogen (secondary N) is 1. The van der Waals surface area contributed by atoms with Crippen LogP contribution in [0.2, 0.25) is 5.02 Å². The number of hydrogen-bond acceptors (Lipinski definition) is 3. The van der Waals surface area contributed by atoms with Gasteiger partial charge in [-0.3, -0.25) is 0 Å². The van der Waals surface area contributed by atoms with E-state index in [4.69, 9.17) is 16.3 Å². The van der Waals surface area contributed by atoms with E-state index in [0.717, 1.165) is 5.56 Å². The summed E-state index contributed by atoms with van der Waals surface area (Å²) in [4.78, 5) is 14.2. The second-order valence-electron chi connectivity index (χ2n) is 6.11. The molecule has 0 aromatic heterocycles. The molecular weight excluding hydrogens is 362 g/mol. The molecule has 1 fully saturated rings. The Morgan fingerprint density at radius 3 is 2.62 bits per heavy atom. The SMILES string of the molecule is CCN(C(=O)Oc1ccc(F)cc1)C1CNCC1c1ccc(Cl)c(F)c1. The van der Waals surface area contributed by atoms with Gasteiger partial charge in [0.1, 0.15) is 17.4 Å². The number of carbonyl (C=O) groups excluding carboxylic acids is 1. The van der Waals surface area contributed by atoms with Crippen LogP contribution in [0.4, 0.5) is 13.6 Å². The summed E-state index contributed by atoms with van der Waals surface area (Å²) in [5.41, 5.74) is 0.773. The molecule has 0 aliphatic carbocycles. The smallest absolute Gasteiger partial charge is 0.410 e. The Balaban J connectivity index is 1.78. The van der Waals surface area contributed by atoms with Crippen LogP contribution >= 0.6 is 11.6 Å². The highest BCUT2D eigenvalue weighted by Gasteiger charge is 2.36. The van der Waals surface area contributed by atoms with Crippen LogP contribution in [0.3, 0.4) is 0 Å². The zero-order chi connectivity index (χ0) is 18.7. The minimum Gasteiger partial charge on any atom is -0.410 e. The standard InChI is InChI=1S/C19H19ClF2N2O2/c1-2-24(19(25)26-14-6-4-13(21)5-7-14)18-11-23-10-15(18)12-3-8-16(20)17(22)9-12/h3-9,15,18,23H,2,10-11H2,1H3. The Hall–Kier alpha value is -2.18. The third-order valence-electron chi connectivity index (χ3n) is 4.55. The summed E-state index contributed by atoms with van der Waals surface area (Å²) in [5, 5.41) is 3.31. The van der Waals surface area contributed by atoms with E-state index >= 15 is 0 Å². The Kier molecular flexibility index (Phi) is 5.74. The zero-order valence-corrected chi connectivity index (χ0v) is 15.0. The molecule has 0 bridgehead atoms. The predicted octanol–water partition coefficient (Wildman–Crippen LogP) is 4.19. The van der Waals surface area contributed by atoms with Gasteiger partial charge >= 0.3 is 6.09 Å². The molecule has 3 rings (SSSR count). The number of amides is 1. The number of hydrogen-bond donors (Lipinski definition) is 1. The van der Waals surface area contributed by atoms with Gasteiger partial charge in [0, 0.05) is 25.6 Å². The maximum absolute atomic E-state index is 13.8. The van der Waals surface area contributed by atoms with E-state index in [1.54, 1.807) is 11.0 Å².